The van der Waals surface area contributed by atoms with Crippen molar-refractivity contribution in [3.05, 3.63) is 61.3 Å². The number of alkyl halides is 3. The van der Waals surface area contributed by atoms with Crippen LogP contribution >= 0.6 is 11.8 Å². The van der Waals surface area contributed by atoms with Crippen LogP contribution in [0.15, 0.2) is 76.3 Å². The molecule has 0 amide bonds. The third kappa shape index (κ3) is 7.81. The summed E-state index contributed by atoms with van der Waals surface area (Å²) in [6.07, 6.45) is 2.60. The van der Waals surface area contributed by atoms with Crippen molar-refractivity contribution in [3.8, 4) is 0 Å². The van der Waals surface area contributed by atoms with Crippen molar-refractivity contribution in [3.63, 3.8) is 0 Å². The van der Waals surface area contributed by atoms with Crippen LogP contribution in [-0.4, -0.2) is 50.0 Å². The highest BCUT2D eigenvalue weighted by molar-refractivity contribution is 7.98. The summed E-state index contributed by atoms with van der Waals surface area (Å²) in [4.78, 5) is 7.14. The first-order valence-corrected chi connectivity index (χ1v) is 10.1. The minimum atomic E-state index is -4.55. The van der Waals surface area contributed by atoms with Crippen LogP contribution in [0.2, 0.25) is 0 Å². The molecule has 0 aliphatic heterocycles. The predicted octanol–water partition coefficient (Wildman–Crippen LogP) is 5.62. The van der Waals surface area contributed by atoms with E-state index in [0.717, 1.165) is 4.90 Å². The van der Waals surface area contributed by atoms with Crippen molar-refractivity contribution in [1.29, 1.82) is 0 Å². The smallest absolute Gasteiger partial charge is 0.376 e. The summed E-state index contributed by atoms with van der Waals surface area (Å²) in [6.45, 7) is 9.99. The van der Waals surface area contributed by atoms with E-state index in [4.69, 9.17) is 0 Å². The molecule has 0 heterocycles. The van der Waals surface area contributed by atoms with Crippen LogP contribution in [0, 0.1) is 5.92 Å². The molecule has 158 valence electrons. The number of hydrazone groups is 1. The van der Waals surface area contributed by atoms with Crippen LogP contribution in [0.5, 0.6) is 0 Å². The molecule has 1 aromatic rings. The van der Waals surface area contributed by atoms with E-state index < -0.39 is 6.18 Å². The molecule has 8 heteroatoms. The Kier molecular flexibility index (Phi) is 9.74. The largest absolute Gasteiger partial charge is 0.428 e. The van der Waals surface area contributed by atoms with Crippen molar-refractivity contribution in [2.24, 2.45) is 16.0 Å². The third-order valence-electron chi connectivity index (χ3n) is 3.93. The number of anilines is 1. The van der Waals surface area contributed by atoms with E-state index in [9.17, 15) is 13.2 Å². The van der Waals surface area contributed by atoms with Gasteiger partial charge in [-0.1, -0.05) is 19.1 Å². The number of benzene rings is 1. The zero-order chi connectivity index (χ0) is 22.0. The molecule has 0 aliphatic carbocycles. The number of aliphatic imine (C=N–C) groups is 1. The topological polar surface area (TPSA) is 31.2 Å². The summed E-state index contributed by atoms with van der Waals surface area (Å²) in [6, 6.07) is 7.09. The number of allylic oxidation sites excluding steroid dienone is 1. The lowest BCUT2D eigenvalue weighted by atomic mass is 10.00. The molecule has 4 nitrogen and oxygen atoms in total. The zero-order valence-electron chi connectivity index (χ0n) is 17.1. The average molecular weight is 425 g/mol. The Morgan fingerprint density at radius 3 is 2.31 bits per heavy atom. The Labute approximate surface area is 175 Å². The van der Waals surface area contributed by atoms with Crippen molar-refractivity contribution in [1.82, 2.24) is 4.90 Å². The molecule has 0 aliphatic rings. The van der Waals surface area contributed by atoms with Crippen LogP contribution in [0.25, 0.3) is 0 Å². The summed E-state index contributed by atoms with van der Waals surface area (Å²) in [5.41, 5.74) is 1.15. The molecule has 0 radical (unpaired) electrons. The first kappa shape index (κ1) is 24.6. The van der Waals surface area contributed by atoms with Gasteiger partial charge in [0.05, 0.1) is 5.69 Å². The maximum atomic E-state index is 12.9. The first-order valence-electron chi connectivity index (χ1n) is 8.85. The lowest BCUT2D eigenvalue weighted by Gasteiger charge is -2.26. The van der Waals surface area contributed by atoms with E-state index in [1.54, 1.807) is 36.0 Å². The number of nitrogens with zero attached hydrogens (tertiary/aromatic N) is 4. The second kappa shape index (κ2) is 11.5. The molecule has 0 spiro atoms. The Morgan fingerprint density at radius 2 is 1.86 bits per heavy atom. The number of likely N-dealkylation sites (N-methyl/N-ethyl adjacent to an activating group) is 1. The number of rotatable bonds is 9. The molecular weight excluding hydrogens is 397 g/mol. The van der Waals surface area contributed by atoms with Gasteiger partial charge < -0.3 is 4.90 Å². The van der Waals surface area contributed by atoms with Crippen molar-refractivity contribution >= 4 is 29.5 Å². The van der Waals surface area contributed by atoms with Gasteiger partial charge in [0.2, 0.25) is 0 Å². The molecule has 0 saturated carbocycles. The number of hydrogen-bond acceptors (Lipinski definition) is 4. The van der Waals surface area contributed by atoms with Gasteiger partial charge in [0.1, 0.15) is 6.21 Å². The Morgan fingerprint density at radius 1 is 1.24 bits per heavy atom. The quantitative estimate of drug-likeness (QED) is 0.170. The van der Waals surface area contributed by atoms with Gasteiger partial charge in [-0.05, 0) is 30.5 Å². The minimum Gasteiger partial charge on any atom is -0.376 e. The monoisotopic (exact) mass is 424 g/mol. The highest BCUT2D eigenvalue weighted by Gasteiger charge is 2.27. The normalized spacial score (nSPS) is 14.0. The Bertz CT molecular complexity index is 767. The van der Waals surface area contributed by atoms with Gasteiger partial charge in [0.15, 0.2) is 5.84 Å². The van der Waals surface area contributed by atoms with Gasteiger partial charge in [0, 0.05) is 43.2 Å². The number of halogens is 3. The van der Waals surface area contributed by atoms with Gasteiger partial charge in [-0.3, -0.25) is 4.99 Å². The van der Waals surface area contributed by atoms with Crippen molar-refractivity contribution in [2.45, 2.75) is 18.0 Å². The summed E-state index contributed by atoms with van der Waals surface area (Å²) in [5.74, 6) is 0.126. The van der Waals surface area contributed by atoms with E-state index in [0.29, 0.717) is 23.6 Å². The number of thioether (sulfide) groups is 1. The molecule has 1 atom stereocenters. The lowest BCUT2D eigenvalue weighted by Crippen LogP contribution is -2.32. The maximum absolute atomic E-state index is 12.9. The van der Waals surface area contributed by atoms with Gasteiger partial charge in [-0.25, -0.2) is 5.01 Å². The molecule has 1 unspecified atom stereocenters. The van der Waals surface area contributed by atoms with Crippen LogP contribution in [0.3, 0.4) is 0 Å². The molecule has 0 N–H and O–H groups in total. The van der Waals surface area contributed by atoms with E-state index in [1.807, 2.05) is 43.5 Å². The molecule has 0 fully saturated rings. The fraction of sp³-hybridized carbons (Fsp3) is 0.333. The predicted molar refractivity (Wildman–Crippen MR) is 119 cm³/mol. The fourth-order valence-electron chi connectivity index (χ4n) is 2.44. The summed E-state index contributed by atoms with van der Waals surface area (Å²) in [5, 5.41) is 4.91. The van der Waals surface area contributed by atoms with Crippen LogP contribution < -0.4 is 5.01 Å². The molecule has 1 rings (SSSR count). The van der Waals surface area contributed by atoms with Crippen LogP contribution in [-0.2, 0) is 0 Å². The minimum absolute atomic E-state index is 0.0374. The van der Waals surface area contributed by atoms with Crippen molar-refractivity contribution in [2.75, 3.05) is 31.9 Å². The van der Waals surface area contributed by atoms with E-state index >= 15 is 0 Å². The highest BCUT2D eigenvalue weighted by atomic mass is 32.2. The number of hydrogen-bond donors (Lipinski definition) is 0. The summed E-state index contributed by atoms with van der Waals surface area (Å²) >= 11 is 1.54. The highest BCUT2D eigenvalue weighted by Crippen LogP contribution is 2.26. The summed E-state index contributed by atoms with van der Waals surface area (Å²) in [7, 11) is 3.38. The van der Waals surface area contributed by atoms with E-state index in [1.165, 1.54) is 12.1 Å². The molecule has 0 aromatic heterocycles. The first-order chi connectivity index (χ1) is 13.7. The second-order valence-corrected chi connectivity index (χ2v) is 7.06. The molecule has 29 heavy (non-hydrogen) atoms. The molecular formula is C21H27F3N4S. The standard InChI is InChI=1S/C21H27F3N4S/c1-7-13-27(5)14-19(16(3)8-2)20(25-4)28(26-15-21(22,23)24)17-9-11-18(29-6)12-10-17/h7-12,14-16H,1-2,13H2,3-6H3/b19-14+,25-20?,26-15+. The molecule has 0 bridgehead atoms. The molecule has 1 aromatic carbocycles. The zero-order valence-corrected chi connectivity index (χ0v) is 18.0. The fourth-order valence-corrected chi connectivity index (χ4v) is 2.84. The van der Waals surface area contributed by atoms with Crippen molar-refractivity contribution < 1.29 is 13.2 Å². The van der Waals surface area contributed by atoms with Crippen LogP contribution in [0.1, 0.15) is 6.92 Å². The Hall–Kier alpha value is -2.48. The SMILES string of the molecule is C=CCN(C)/C=C(/C(=NC)N(/N=C/C(F)(F)F)c1ccc(SC)cc1)C(C)C=C. The average Bonchev–Trinajstić information content (AvgIpc) is 2.68. The van der Waals surface area contributed by atoms with E-state index in [-0.39, 0.29) is 12.1 Å². The molecule has 0 saturated heterocycles. The maximum Gasteiger partial charge on any atom is 0.428 e. The van der Waals surface area contributed by atoms with Gasteiger partial charge in [-0.15, -0.1) is 24.9 Å². The van der Waals surface area contributed by atoms with Gasteiger partial charge in [-0.2, -0.15) is 18.3 Å². The van der Waals surface area contributed by atoms with Gasteiger partial charge in [0.25, 0.3) is 0 Å². The van der Waals surface area contributed by atoms with Crippen LogP contribution in [0.4, 0.5) is 18.9 Å². The Balaban J connectivity index is 3.55. The number of amidine groups is 1. The van der Waals surface area contributed by atoms with E-state index in [2.05, 4.69) is 23.3 Å². The summed E-state index contributed by atoms with van der Waals surface area (Å²) < 4.78 is 38.7. The second-order valence-electron chi connectivity index (χ2n) is 6.18. The van der Waals surface area contributed by atoms with Gasteiger partial charge >= 0.3 is 6.18 Å². The lowest BCUT2D eigenvalue weighted by molar-refractivity contribution is -0.0537. The third-order valence-corrected chi connectivity index (χ3v) is 4.67.